The SMILES string of the molecule is COc1cccc([C@@H]2C(C(=O)Nc3ccc(F)cc3)=C(C)NC3=C2C(=O)C[C@@H](c2ccccc2)C3)c1. The number of Topliss-reactive ketones (excluding diaryl/α,β-unsaturated/α-hetero) is 1. The van der Waals surface area contributed by atoms with Gasteiger partial charge < -0.3 is 15.4 Å². The molecule has 2 atom stereocenters. The van der Waals surface area contributed by atoms with Crippen LogP contribution in [-0.4, -0.2) is 18.8 Å². The van der Waals surface area contributed by atoms with Gasteiger partial charge in [-0.2, -0.15) is 0 Å². The first kappa shape index (κ1) is 23.5. The van der Waals surface area contributed by atoms with E-state index in [1.807, 2.05) is 49.4 Å². The van der Waals surface area contributed by atoms with E-state index in [0.29, 0.717) is 41.1 Å². The van der Waals surface area contributed by atoms with Crippen molar-refractivity contribution in [3.8, 4) is 5.75 Å². The van der Waals surface area contributed by atoms with Crippen LogP contribution in [0.5, 0.6) is 5.75 Å². The molecule has 0 radical (unpaired) electrons. The average Bonchev–Trinajstić information content (AvgIpc) is 2.89. The first-order valence-electron chi connectivity index (χ1n) is 11.9. The summed E-state index contributed by atoms with van der Waals surface area (Å²) in [5, 5.41) is 6.26. The Labute approximate surface area is 209 Å². The number of halogens is 1. The standard InChI is InChI=1S/C30H27FN2O3/c1-18-27(30(35)33-23-13-11-22(31)12-14-23)28(20-9-6-10-24(15-20)36-2)29-25(32-18)16-21(17-26(29)34)19-7-4-3-5-8-19/h3-15,21,28,32H,16-17H2,1-2H3,(H,33,35)/t21-,28+/m0/s1. The number of hydrogen-bond acceptors (Lipinski definition) is 4. The van der Waals surface area contributed by atoms with Crippen LogP contribution >= 0.6 is 0 Å². The fourth-order valence-electron chi connectivity index (χ4n) is 5.19. The first-order chi connectivity index (χ1) is 17.4. The molecule has 5 nitrogen and oxygen atoms in total. The largest absolute Gasteiger partial charge is 0.497 e. The van der Waals surface area contributed by atoms with Gasteiger partial charge in [0.15, 0.2) is 5.78 Å². The van der Waals surface area contributed by atoms with Crippen molar-refractivity contribution in [3.63, 3.8) is 0 Å². The lowest BCUT2D eigenvalue weighted by atomic mass is 9.71. The highest BCUT2D eigenvalue weighted by Gasteiger charge is 2.41. The molecular formula is C30H27FN2O3. The van der Waals surface area contributed by atoms with Gasteiger partial charge in [0.05, 0.1) is 7.11 Å². The van der Waals surface area contributed by atoms with Crippen LogP contribution < -0.4 is 15.4 Å². The van der Waals surface area contributed by atoms with Gasteiger partial charge in [0, 0.05) is 40.6 Å². The van der Waals surface area contributed by atoms with Gasteiger partial charge >= 0.3 is 0 Å². The van der Waals surface area contributed by atoms with Crippen LogP contribution in [0.25, 0.3) is 0 Å². The van der Waals surface area contributed by atoms with E-state index >= 15 is 0 Å². The summed E-state index contributed by atoms with van der Waals surface area (Å²) in [6.45, 7) is 1.85. The number of anilines is 1. The summed E-state index contributed by atoms with van der Waals surface area (Å²) in [6, 6.07) is 23.1. The summed E-state index contributed by atoms with van der Waals surface area (Å²) in [4.78, 5) is 27.3. The van der Waals surface area contributed by atoms with E-state index in [-0.39, 0.29) is 23.4 Å². The molecule has 3 aromatic carbocycles. The molecule has 2 aliphatic rings. The predicted molar refractivity (Wildman–Crippen MR) is 137 cm³/mol. The normalized spacial score (nSPS) is 19.5. The van der Waals surface area contributed by atoms with E-state index in [0.717, 1.165) is 16.8 Å². The maximum Gasteiger partial charge on any atom is 0.254 e. The highest BCUT2D eigenvalue weighted by molar-refractivity contribution is 6.10. The lowest BCUT2D eigenvalue weighted by Crippen LogP contribution is -2.37. The second-order valence-corrected chi connectivity index (χ2v) is 9.17. The van der Waals surface area contributed by atoms with Gasteiger partial charge in [0.1, 0.15) is 11.6 Å². The zero-order valence-corrected chi connectivity index (χ0v) is 20.2. The van der Waals surface area contributed by atoms with Crippen molar-refractivity contribution in [2.24, 2.45) is 0 Å². The fourth-order valence-corrected chi connectivity index (χ4v) is 5.19. The van der Waals surface area contributed by atoms with E-state index in [1.54, 1.807) is 7.11 Å². The molecule has 1 amide bonds. The minimum absolute atomic E-state index is 0.0185. The topological polar surface area (TPSA) is 67.4 Å². The molecule has 36 heavy (non-hydrogen) atoms. The number of carbonyl (C=O) groups is 2. The highest BCUT2D eigenvalue weighted by atomic mass is 19.1. The molecule has 0 saturated carbocycles. The zero-order valence-electron chi connectivity index (χ0n) is 20.2. The van der Waals surface area contributed by atoms with Crippen LogP contribution in [0.1, 0.15) is 42.7 Å². The van der Waals surface area contributed by atoms with Gasteiger partial charge in [0.2, 0.25) is 0 Å². The third kappa shape index (κ3) is 4.54. The van der Waals surface area contributed by atoms with Crippen LogP contribution in [-0.2, 0) is 9.59 Å². The Morgan fingerprint density at radius 1 is 0.972 bits per heavy atom. The Kier molecular flexibility index (Phi) is 6.42. The zero-order chi connectivity index (χ0) is 25.2. The molecule has 5 rings (SSSR count). The van der Waals surface area contributed by atoms with E-state index in [9.17, 15) is 14.0 Å². The molecule has 0 bridgehead atoms. The first-order valence-corrected chi connectivity index (χ1v) is 11.9. The van der Waals surface area contributed by atoms with Gasteiger partial charge in [-0.25, -0.2) is 4.39 Å². The minimum Gasteiger partial charge on any atom is -0.497 e. The van der Waals surface area contributed by atoms with E-state index in [2.05, 4.69) is 22.8 Å². The molecule has 0 aromatic heterocycles. The van der Waals surface area contributed by atoms with Crippen molar-refractivity contribution >= 4 is 17.4 Å². The van der Waals surface area contributed by atoms with Crippen molar-refractivity contribution in [1.82, 2.24) is 5.32 Å². The molecule has 6 heteroatoms. The molecule has 0 fully saturated rings. The van der Waals surface area contributed by atoms with E-state index in [1.165, 1.54) is 24.3 Å². The molecule has 0 unspecified atom stereocenters. The van der Waals surface area contributed by atoms with Crippen LogP contribution in [0.3, 0.4) is 0 Å². The molecule has 1 heterocycles. The van der Waals surface area contributed by atoms with Crippen LogP contribution in [0.4, 0.5) is 10.1 Å². The molecule has 2 N–H and O–H groups in total. The predicted octanol–water partition coefficient (Wildman–Crippen LogP) is 5.83. The molecule has 3 aromatic rings. The second-order valence-electron chi connectivity index (χ2n) is 9.17. The quantitative estimate of drug-likeness (QED) is 0.480. The number of carbonyl (C=O) groups excluding carboxylic acids is 2. The number of nitrogens with one attached hydrogen (secondary N) is 2. The number of benzene rings is 3. The Hall–Kier alpha value is -4.19. The van der Waals surface area contributed by atoms with Crippen molar-refractivity contribution in [2.75, 3.05) is 12.4 Å². The Balaban J connectivity index is 1.57. The maximum atomic E-state index is 13.7. The number of hydrogen-bond donors (Lipinski definition) is 2. The summed E-state index contributed by atoms with van der Waals surface area (Å²) in [5.74, 6) is -0.546. The summed E-state index contributed by atoms with van der Waals surface area (Å²) in [6.07, 6.45) is 1.05. The maximum absolute atomic E-state index is 13.7. The van der Waals surface area contributed by atoms with Crippen molar-refractivity contribution in [1.29, 1.82) is 0 Å². The molecular weight excluding hydrogens is 455 g/mol. The highest BCUT2D eigenvalue weighted by Crippen LogP contribution is 2.46. The molecule has 1 aliphatic heterocycles. The number of amides is 1. The second kappa shape index (κ2) is 9.82. The molecule has 182 valence electrons. The Morgan fingerprint density at radius 2 is 1.69 bits per heavy atom. The number of ketones is 1. The minimum atomic E-state index is -0.555. The van der Waals surface area contributed by atoms with Gasteiger partial charge in [-0.1, -0.05) is 42.5 Å². The molecule has 0 spiro atoms. The van der Waals surface area contributed by atoms with Crippen LogP contribution in [0.15, 0.2) is 101 Å². The summed E-state index contributed by atoms with van der Waals surface area (Å²) < 4.78 is 18.8. The summed E-state index contributed by atoms with van der Waals surface area (Å²) in [7, 11) is 1.59. The van der Waals surface area contributed by atoms with Gasteiger partial charge in [0.25, 0.3) is 5.91 Å². The van der Waals surface area contributed by atoms with Crippen LogP contribution in [0.2, 0.25) is 0 Å². The van der Waals surface area contributed by atoms with Crippen molar-refractivity contribution in [2.45, 2.75) is 31.6 Å². The van der Waals surface area contributed by atoms with E-state index < -0.39 is 5.92 Å². The average molecular weight is 483 g/mol. The van der Waals surface area contributed by atoms with Crippen LogP contribution in [0, 0.1) is 5.82 Å². The van der Waals surface area contributed by atoms with Gasteiger partial charge in [-0.15, -0.1) is 0 Å². The van der Waals surface area contributed by atoms with Crippen molar-refractivity contribution < 1.29 is 18.7 Å². The molecule has 1 aliphatic carbocycles. The smallest absolute Gasteiger partial charge is 0.254 e. The number of methoxy groups -OCH3 is 1. The Morgan fingerprint density at radius 3 is 2.42 bits per heavy atom. The molecule has 0 saturated heterocycles. The number of allylic oxidation sites excluding steroid dienone is 3. The summed E-state index contributed by atoms with van der Waals surface area (Å²) in [5.41, 5.74) is 5.01. The van der Waals surface area contributed by atoms with E-state index in [4.69, 9.17) is 4.74 Å². The fraction of sp³-hybridized carbons (Fsp3) is 0.200. The number of ether oxygens (including phenoxy) is 1. The summed E-state index contributed by atoms with van der Waals surface area (Å²) >= 11 is 0. The van der Waals surface area contributed by atoms with Gasteiger partial charge in [-0.3, -0.25) is 9.59 Å². The number of rotatable bonds is 5. The van der Waals surface area contributed by atoms with Crippen molar-refractivity contribution in [3.05, 3.63) is 118 Å². The third-order valence-electron chi connectivity index (χ3n) is 6.87. The van der Waals surface area contributed by atoms with Gasteiger partial charge in [-0.05, 0) is 66.8 Å². The number of dihydropyridines is 1. The monoisotopic (exact) mass is 482 g/mol. The lowest BCUT2D eigenvalue weighted by molar-refractivity contribution is -0.116. The lowest BCUT2D eigenvalue weighted by Gasteiger charge is -2.37. The third-order valence-corrected chi connectivity index (χ3v) is 6.87. The Bertz CT molecular complexity index is 1380.